The summed E-state index contributed by atoms with van der Waals surface area (Å²) < 4.78 is 0. The predicted octanol–water partition coefficient (Wildman–Crippen LogP) is 0.602. The van der Waals surface area contributed by atoms with E-state index < -0.39 is 28.4 Å². The summed E-state index contributed by atoms with van der Waals surface area (Å²) in [6.07, 6.45) is 0.255. The smallest absolute Gasteiger partial charge is 0.339 e. The Morgan fingerprint density at radius 3 is 1.76 bits per heavy atom. The van der Waals surface area contributed by atoms with Gasteiger partial charge in [0.2, 0.25) is 0 Å². The predicted molar refractivity (Wildman–Crippen MR) is 63.2 cm³/mol. The Hall–Kier alpha value is -1.14. The summed E-state index contributed by atoms with van der Waals surface area (Å²) >= 11 is 0. The molecule has 0 aromatic rings. The van der Waals surface area contributed by atoms with Crippen LogP contribution in [0.2, 0.25) is 0 Å². The zero-order valence-corrected chi connectivity index (χ0v) is 10.8. The third kappa shape index (κ3) is 2.95. The van der Waals surface area contributed by atoms with Crippen molar-refractivity contribution < 1.29 is 19.8 Å². The van der Waals surface area contributed by atoms with Gasteiger partial charge in [-0.15, -0.1) is 0 Å². The van der Waals surface area contributed by atoms with E-state index in [1.165, 1.54) is 0 Å². The first-order chi connectivity index (χ1) is 7.36. The number of aliphatic carboxylic acids is 2. The van der Waals surface area contributed by atoms with Gasteiger partial charge in [0.1, 0.15) is 0 Å². The third-order valence-electron chi connectivity index (χ3n) is 4.04. The molecule has 0 rings (SSSR count). The van der Waals surface area contributed by atoms with E-state index in [4.69, 9.17) is 21.7 Å². The van der Waals surface area contributed by atoms with Crippen molar-refractivity contribution in [3.05, 3.63) is 0 Å². The van der Waals surface area contributed by atoms with Gasteiger partial charge < -0.3 is 21.7 Å². The second-order valence-corrected chi connectivity index (χ2v) is 5.58. The molecule has 0 fully saturated rings. The van der Waals surface area contributed by atoms with Crippen molar-refractivity contribution >= 4 is 11.9 Å². The van der Waals surface area contributed by atoms with Crippen molar-refractivity contribution in [3.63, 3.8) is 0 Å². The van der Waals surface area contributed by atoms with Gasteiger partial charge in [-0.1, -0.05) is 27.7 Å². The van der Waals surface area contributed by atoms with E-state index in [0.29, 0.717) is 6.42 Å². The lowest BCUT2D eigenvalue weighted by Crippen LogP contribution is -2.69. The minimum absolute atomic E-state index is 0.0495. The number of carboxylic acids is 2. The van der Waals surface area contributed by atoms with Crippen molar-refractivity contribution in [2.45, 2.75) is 46.2 Å². The molecule has 0 saturated carbocycles. The number of rotatable bonds is 6. The molecule has 0 aromatic heterocycles. The standard InChI is InChI=1S/C11H22N2O4/c1-9(2,6-5-7(14)15)10(3,4)11(12,13)8(16)17/h5-6,12-13H2,1-4H3,(H,14,15)(H,16,17). The minimum atomic E-state index is -1.91. The Labute approximate surface area is 101 Å². The molecule has 17 heavy (non-hydrogen) atoms. The second kappa shape index (κ2) is 4.62. The summed E-state index contributed by atoms with van der Waals surface area (Å²) in [7, 11) is 0. The maximum Gasteiger partial charge on any atom is 0.339 e. The average Bonchev–Trinajstić information content (AvgIpc) is 2.14. The van der Waals surface area contributed by atoms with E-state index in [1.807, 2.05) is 0 Å². The molecular weight excluding hydrogens is 224 g/mol. The Balaban J connectivity index is 5.14. The van der Waals surface area contributed by atoms with E-state index in [9.17, 15) is 9.59 Å². The van der Waals surface area contributed by atoms with Crippen LogP contribution < -0.4 is 11.5 Å². The van der Waals surface area contributed by atoms with Gasteiger partial charge >= 0.3 is 11.9 Å². The lowest BCUT2D eigenvalue weighted by molar-refractivity contribution is -0.153. The Morgan fingerprint density at radius 2 is 1.47 bits per heavy atom. The monoisotopic (exact) mass is 246 g/mol. The SMILES string of the molecule is CC(C)(CCC(=O)O)C(C)(C)C(N)(N)C(=O)O. The summed E-state index contributed by atoms with van der Waals surface area (Å²) in [5.41, 5.74) is 7.84. The Kier molecular flexibility index (Phi) is 4.31. The van der Waals surface area contributed by atoms with E-state index >= 15 is 0 Å². The zero-order chi connectivity index (χ0) is 14.1. The first-order valence-electron chi connectivity index (χ1n) is 5.39. The molecule has 0 aliphatic heterocycles. The maximum absolute atomic E-state index is 11.1. The number of hydrogen-bond acceptors (Lipinski definition) is 4. The van der Waals surface area contributed by atoms with Gasteiger partial charge in [0.15, 0.2) is 5.66 Å². The van der Waals surface area contributed by atoms with Crippen LogP contribution in [0.15, 0.2) is 0 Å². The molecule has 0 atom stereocenters. The highest BCUT2D eigenvalue weighted by Crippen LogP contribution is 2.46. The van der Waals surface area contributed by atoms with Crippen LogP contribution in [0.3, 0.4) is 0 Å². The third-order valence-corrected chi connectivity index (χ3v) is 4.04. The molecule has 0 amide bonds. The van der Waals surface area contributed by atoms with Crippen LogP contribution in [0.1, 0.15) is 40.5 Å². The number of carbonyl (C=O) groups is 2. The molecule has 6 heteroatoms. The lowest BCUT2D eigenvalue weighted by Gasteiger charge is -2.49. The number of nitrogens with two attached hydrogens (primary N) is 2. The number of hydrogen-bond donors (Lipinski definition) is 4. The van der Waals surface area contributed by atoms with Crippen LogP contribution in [-0.2, 0) is 9.59 Å². The average molecular weight is 246 g/mol. The van der Waals surface area contributed by atoms with Crippen molar-refractivity contribution in [3.8, 4) is 0 Å². The quantitative estimate of drug-likeness (QED) is 0.508. The van der Waals surface area contributed by atoms with E-state index in [0.717, 1.165) is 0 Å². The summed E-state index contributed by atoms with van der Waals surface area (Å²) in [6.45, 7) is 6.83. The van der Waals surface area contributed by atoms with Gasteiger partial charge in [-0.25, -0.2) is 4.79 Å². The van der Waals surface area contributed by atoms with Crippen LogP contribution >= 0.6 is 0 Å². The van der Waals surface area contributed by atoms with Crippen molar-refractivity contribution in [1.29, 1.82) is 0 Å². The highest BCUT2D eigenvalue weighted by Gasteiger charge is 2.53. The van der Waals surface area contributed by atoms with Crippen LogP contribution in [0.25, 0.3) is 0 Å². The fourth-order valence-corrected chi connectivity index (χ4v) is 1.56. The van der Waals surface area contributed by atoms with Gasteiger partial charge in [0.25, 0.3) is 0 Å². The van der Waals surface area contributed by atoms with Crippen LogP contribution in [0, 0.1) is 10.8 Å². The minimum Gasteiger partial charge on any atom is -0.481 e. The van der Waals surface area contributed by atoms with Crippen molar-refractivity contribution in [1.82, 2.24) is 0 Å². The number of carboxylic acid groups (broad SMARTS) is 2. The van der Waals surface area contributed by atoms with Gasteiger partial charge in [0.05, 0.1) is 0 Å². The lowest BCUT2D eigenvalue weighted by atomic mass is 9.59. The molecule has 6 nitrogen and oxygen atoms in total. The molecular formula is C11H22N2O4. The van der Waals surface area contributed by atoms with Crippen LogP contribution in [0.5, 0.6) is 0 Å². The molecule has 6 N–H and O–H groups in total. The molecule has 0 radical (unpaired) electrons. The van der Waals surface area contributed by atoms with Gasteiger partial charge in [-0.3, -0.25) is 4.79 Å². The first-order valence-corrected chi connectivity index (χ1v) is 5.39. The van der Waals surface area contributed by atoms with Gasteiger partial charge in [-0.05, 0) is 11.8 Å². The fourth-order valence-electron chi connectivity index (χ4n) is 1.56. The van der Waals surface area contributed by atoms with E-state index in [1.54, 1.807) is 27.7 Å². The van der Waals surface area contributed by atoms with Crippen LogP contribution in [0.4, 0.5) is 0 Å². The molecule has 0 spiro atoms. The topological polar surface area (TPSA) is 127 Å². The maximum atomic E-state index is 11.1. The highest BCUT2D eigenvalue weighted by atomic mass is 16.4. The molecule has 100 valence electrons. The molecule has 0 aromatic carbocycles. The normalized spacial score (nSPS) is 13.5. The van der Waals surface area contributed by atoms with E-state index in [2.05, 4.69) is 0 Å². The van der Waals surface area contributed by atoms with Crippen molar-refractivity contribution in [2.75, 3.05) is 0 Å². The molecule has 0 unspecified atom stereocenters. The fraction of sp³-hybridized carbons (Fsp3) is 0.818. The van der Waals surface area contributed by atoms with Crippen LogP contribution in [-0.4, -0.2) is 27.8 Å². The largest absolute Gasteiger partial charge is 0.481 e. The van der Waals surface area contributed by atoms with Crippen molar-refractivity contribution in [2.24, 2.45) is 22.3 Å². The summed E-state index contributed by atoms with van der Waals surface area (Å²) in [5, 5.41) is 17.7. The molecule has 0 saturated heterocycles. The summed E-state index contributed by atoms with van der Waals surface area (Å²) in [4.78, 5) is 21.7. The molecule has 0 bridgehead atoms. The van der Waals surface area contributed by atoms with E-state index in [-0.39, 0.29) is 6.42 Å². The second-order valence-electron chi connectivity index (χ2n) is 5.58. The first kappa shape index (κ1) is 15.9. The Bertz CT molecular complexity index is 321. The molecule has 0 aliphatic rings. The Morgan fingerprint density at radius 1 is 1.06 bits per heavy atom. The molecule has 0 heterocycles. The summed E-state index contributed by atoms with van der Waals surface area (Å²) in [5.74, 6) is -2.23. The summed E-state index contributed by atoms with van der Waals surface area (Å²) in [6, 6.07) is 0. The zero-order valence-electron chi connectivity index (χ0n) is 10.8. The molecule has 0 aliphatic carbocycles. The highest BCUT2D eigenvalue weighted by molar-refractivity contribution is 5.79. The van der Waals surface area contributed by atoms with Gasteiger partial charge in [0, 0.05) is 11.8 Å². The van der Waals surface area contributed by atoms with Gasteiger partial charge in [-0.2, -0.15) is 0 Å².